The molecule has 0 saturated carbocycles. The van der Waals surface area contributed by atoms with Gasteiger partial charge in [-0.2, -0.15) is 0 Å². The summed E-state index contributed by atoms with van der Waals surface area (Å²) >= 11 is 0. The first-order valence-corrected chi connectivity index (χ1v) is 22.8. The zero-order chi connectivity index (χ0) is 39.7. The number of hydrogen-bond acceptors (Lipinski definition) is 0. The Hall–Kier alpha value is 0. The molecule has 0 aliphatic carbocycles. The summed E-state index contributed by atoms with van der Waals surface area (Å²) in [5, 5.41) is 0. The standard InChI is InChI=1S/C50H102/c1-26-28(3)30(5)32(7)34(9)36(11)38(13)40(15)42(17)44(19)46(21)48(23)50(25)49(24)47(22)45(20)43(18)41(16)39(14)37(12)35(10)33(8)31(6)29(4)27-2/h28-50H,26-27H2,1-25H3. The minimum absolute atomic E-state index is 0.730. The molecule has 0 rings (SSSR count). The number of rotatable bonds is 24. The van der Waals surface area contributed by atoms with Gasteiger partial charge in [0.1, 0.15) is 0 Å². The molecule has 0 bridgehead atoms. The molecule has 0 aliphatic heterocycles. The van der Waals surface area contributed by atoms with Crippen molar-refractivity contribution in [2.45, 2.75) is 186 Å². The summed E-state index contributed by atoms with van der Waals surface area (Å²) in [6, 6.07) is 0. The first-order chi connectivity index (χ1) is 22.8. The average Bonchev–Trinajstić information content (AvgIpc) is 3.13. The van der Waals surface area contributed by atoms with Gasteiger partial charge in [0, 0.05) is 0 Å². The summed E-state index contributed by atoms with van der Waals surface area (Å²) in [5.74, 6) is 17.4. The molecule has 0 aromatic heterocycles. The first kappa shape index (κ1) is 50.0. The molecular formula is C50H102. The maximum atomic E-state index is 2.60. The molecule has 302 valence electrons. The highest BCUT2D eigenvalue weighted by molar-refractivity contribution is 4.88. The molecule has 0 aliphatic rings. The predicted molar refractivity (Wildman–Crippen MR) is 231 cm³/mol. The van der Waals surface area contributed by atoms with Crippen molar-refractivity contribution in [1.82, 2.24) is 0 Å². The van der Waals surface area contributed by atoms with Crippen molar-refractivity contribution < 1.29 is 0 Å². The van der Waals surface area contributed by atoms with E-state index in [0.29, 0.717) is 0 Å². The second-order valence-electron chi connectivity index (χ2n) is 20.8. The maximum absolute atomic E-state index is 2.60. The SMILES string of the molecule is CCC(C)C(C)C(C)C(C)C(C)C(C)C(C)C(C)C(C)C(C)C(C)C(C)C(C)C(C)C(C)C(C)C(C)C(C)C(C)C(C)C(C)C(C)C(C)CC. The fraction of sp³-hybridized carbons (Fsp3) is 1.00. The number of hydrogen-bond donors (Lipinski definition) is 0. The predicted octanol–water partition coefficient (Wildman–Crippen LogP) is 16.4. The lowest BCUT2D eigenvalue weighted by molar-refractivity contribution is 0.0429. The molecule has 0 nitrogen and oxygen atoms in total. The molecule has 50 heavy (non-hydrogen) atoms. The second-order valence-corrected chi connectivity index (χ2v) is 20.8. The summed E-state index contributed by atoms with van der Waals surface area (Å²) in [6.45, 7) is 63.7. The van der Waals surface area contributed by atoms with E-state index in [-0.39, 0.29) is 0 Å². The van der Waals surface area contributed by atoms with E-state index in [1.54, 1.807) is 0 Å². The highest BCUT2D eigenvalue weighted by Gasteiger charge is 2.39. The van der Waals surface area contributed by atoms with Crippen LogP contribution >= 0.6 is 0 Å². The van der Waals surface area contributed by atoms with Gasteiger partial charge in [-0.1, -0.05) is 186 Å². The normalized spacial score (nSPS) is 26.8. The molecule has 22 atom stereocenters. The smallest absolute Gasteiger partial charge is 0.0386 e. The van der Waals surface area contributed by atoms with Crippen LogP contribution in [-0.4, -0.2) is 0 Å². The molecule has 22 unspecified atom stereocenters. The topological polar surface area (TPSA) is 0 Å². The van der Waals surface area contributed by atoms with Crippen LogP contribution in [0.3, 0.4) is 0 Å². The van der Waals surface area contributed by atoms with Gasteiger partial charge in [0.25, 0.3) is 0 Å². The summed E-state index contributed by atoms with van der Waals surface area (Å²) in [6.07, 6.45) is 2.59. The molecule has 0 fully saturated rings. The largest absolute Gasteiger partial charge is 0.0651 e. The van der Waals surface area contributed by atoms with Crippen molar-refractivity contribution in [3.63, 3.8) is 0 Å². The van der Waals surface area contributed by atoms with Crippen LogP contribution in [0, 0.1) is 136 Å². The van der Waals surface area contributed by atoms with Crippen LogP contribution in [0.4, 0.5) is 0 Å². The molecule has 0 N–H and O–H groups in total. The Morgan fingerprint density at radius 2 is 0.240 bits per heavy atom. The van der Waals surface area contributed by atoms with Gasteiger partial charge < -0.3 is 0 Å². The Balaban J connectivity index is 5.55. The van der Waals surface area contributed by atoms with Crippen LogP contribution in [0.2, 0.25) is 0 Å². The van der Waals surface area contributed by atoms with Crippen LogP contribution in [-0.2, 0) is 0 Å². The van der Waals surface area contributed by atoms with E-state index in [4.69, 9.17) is 0 Å². The lowest BCUT2D eigenvalue weighted by Crippen LogP contribution is -2.38. The Morgan fingerprint density at radius 1 is 0.160 bits per heavy atom. The van der Waals surface area contributed by atoms with Crippen molar-refractivity contribution >= 4 is 0 Å². The van der Waals surface area contributed by atoms with E-state index in [9.17, 15) is 0 Å². The van der Waals surface area contributed by atoms with E-state index in [2.05, 4.69) is 173 Å². The molecule has 0 amide bonds. The van der Waals surface area contributed by atoms with E-state index >= 15 is 0 Å². The minimum Gasteiger partial charge on any atom is -0.0651 e. The third-order valence-corrected chi connectivity index (χ3v) is 19.7. The fourth-order valence-electron chi connectivity index (χ4n) is 10.9. The van der Waals surface area contributed by atoms with Gasteiger partial charge in [0.2, 0.25) is 0 Å². The molecule has 0 aromatic carbocycles. The molecule has 0 radical (unpaired) electrons. The second kappa shape index (κ2) is 22.4. The molecule has 0 heteroatoms. The molecular weight excluding hydrogens is 601 g/mol. The van der Waals surface area contributed by atoms with Crippen molar-refractivity contribution in [3.05, 3.63) is 0 Å². The Labute approximate surface area is 321 Å². The monoisotopic (exact) mass is 703 g/mol. The Kier molecular flexibility index (Phi) is 22.4. The van der Waals surface area contributed by atoms with Crippen LogP contribution in [0.25, 0.3) is 0 Å². The maximum Gasteiger partial charge on any atom is -0.0386 e. The Bertz CT molecular complexity index is 803. The quantitative estimate of drug-likeness (QED) is 0.0939. The van der Waals surface area contributed by atoms with E-state index in [1.807, 2.05) is 0 Å². The first-order valence-electron chi connectivity index (χ1n) is 22.8. The van der Waals surface area contributed by atoms with Crippen molar-refractivity contribution in [1.29, 1.82) is 0 Å². The fourth-order valence-corrected chi connectivity index (χ4v) is 10.9. The highest BCUT2D eigenvalue weighted by atomic mass is 14.4. The van der Waals surface area contributed by atoms with Gasteiger partial charge in [0.15, 0.2) is 0 Å². The third kappa shape index (κ3) is 12.5. The molecule has 0 spiro atoms. The Morgan fingerprint density at radius 3 is 0.320 bits per heavy atom. The minimum atomic E-state index is 0.730. The van der Waals surface area contributed by atoms with Crippen LogP contribution in [0.5, 0.6) is 0 Å². The summed E-state index contributed by atoms with van der Waals surface area (Å²) in [7, 11) is 0. The lowest BCUT2D eigenvalue weighted by Gasteiger charge is -2.44. The third-order valence-electron chi connectivity index (χ3n) is 19.7. The van der Waals surface area contributed by atoms with Crippen molar-refractivity contribution in [2.75, 3.05) is 0 Å². The van der Waals surface area contributed by atoms with E-state index < -0.39 is 0 Å². The van der Waals surface area contributed by atoms with Crippen LogP contribution < -0.4 is 0 Å². The van der Waals surface area contributed by atoms with Crippen molar-refractivity contribution in [3.8, 4) is 0 Å². The summed E-state index contributed by atoms with van der Waals surface area (Å²) in [5.41, 5.74) is 0. The van der Waals surface area contributed by atoms with E-state index in [0.717, 1.165) is 136 Å². The summed E-state index contributed by atoms with van der Waals surface area (Å²) in [4.78, 5) is 0. The van der Waals surface area contributed by atoms with Crippen molar-refractivity contribution in [2.24, 2.45) is 136 Å². The van der Waals surface area contributed by atoms with Crippen LogP contribution in [0.15, 0.2) is 0 Å². The highest BCUT2D eigenvalue weighted by Crippen LogP contribution is 2.46. The van der Waals surface area contributed by atoms with Gasteiger partial charge in [-0.3, -0.25) is 0 Å². The zero-order valence-corrected chi connectivity index (χ0v) is 39.7. The average molecular weight is 703 g/mol. The van der Waals surface area contributed by atoms with Gasteiger partial charge >= 0.3 is 0 Å². The molecule has 0 aromatic rings. The van der Waals surface area contributed by atoms with Gasteiger partial charge in [-0.25, -0.2) is 0 Å². The van der Waals surface area contributed by atoms with E-state index in [1.165, 1.54) is 12.8 Å². The van der Waals surface area contributed by atoms with Gasteiger partial charge in [-0.05, 0) is 136 Å². The zero-order valence-electron chi connectivity index (χ0n) is 39.7. The van der Waals surface area contributed by atoms with Crippen LogP contribution in [0.1, 0.15) is 186 Å². The molecule has 0 heterocycles. The molecule has 0 saturated heterocycles. The summed E-state index contributed by atoms with van der Waals surface area (Å²) < 4.78 is 0. The van der Waals surface area contributed by atoms with Gasteiger partial charge in [-0.15, -0.1) is 0 Å². The lowest BCUT2D eigenvalue weighted by atomic mass is 9.61. The van der Waals surface area contributed by atoms with Gasteiger partial charge in [0.05, 0.1) is 0 Å².